The van der Waals surface area contributed by atoms with E-state index in [-0.39, 0.29) is 5.56 Å². The van der Waals surface area contributed by atoms with E-state index in [2.05, 4.69) is 20.1 Å². The van der Waals surface area contributed by atoms with Crippen molar-refractivity contribution in [2.24, 2.45) is 5.92 Å². The number of hydrogen-bond donors (Lipinski definition) is 3. The van der Waals surface area contributed by atoms with Gasteiger partial charge in [-0.1, -0.05) is 0 Å². The topological polar surface area (TPSA) is 112 Å². The number of ether oxygens (including phenoxy) is 1. The van der Waals surface area contributed by atoms with Crippen molar-refractivity contribution in [2.75, 3.05) is 31.3 Å². The van der Waals surface area contributed by atoms with Crippen molar-refractivity contribution >= 4 is 34.9 Å². The van der Waals surface area contributed by atoms with Gasteiger partial charge in [0.05, 0.1) is 13.3 Å². The predicted octanol–water partition coefficient (Wildman–Crippen LogP) is 1.23. The Morgan fingerprint density at radius 1 is 1.44 bits per heavy atom. The molecular weight excluding hydrogens is 363 g/mol. The van der Waals surface area contributed by atoms with Crippen LogP contribution in [-0.4, -0.2) is 51.3 Å². The fourth-order valence-corrected chi connectivity index (χ4v) is 4.20. The first-order valence-electron chi connectivity index (χ1n) is 8.09. The van der Waals surface area contributed by atoms with Gasteiger partial charge in [-0.05, 0) is 43.1 Å². The standard InChI is InChI=1S/C15H21N4O4PS/c1-23-15-13-11(9-16-18-14(13)20)8-12(17-15)19-5-2-10(3-6-19)4-7-24(21,22)25/h8-10H,2-7H2,1H3,(H,18,20)(H2,21,22,25). The van der Waals surface area contributed by atoms with Crippen LogP contribution in [-0.2, 0) is 11.8 Å². The van der Waals surface area contributed by atoms with E-state index in [1.165, 1.54) is 7.11 Å². The minimum Gasteiger partial charge on any atom is -0.480 e. The molecule has 3 N–H and O–H groups in total. The van der Waals surface area contributed by atoms with E-state index in [0.717, 1.165) is 38.2 Å². The normalized spacial score (nSPS) is 16.4. The third-order valence-corrected chi connectivity index (χ3v) is 5.95. The van der Waals surface area contributed by atoms with E-state index in [4.69, 9.17) is 16.5 Å². The van der Waals surface area contributed by atoms with Crippen molar-refractivity contribution in [2.45, 2.75) is 19.3 Å². The number of aromatic nitrogens is 3. The van der Waals surface area contributed by atoms with Crippen LogP contribution in [0.1, 0.15) is 19.3 Å². The second kappa shape index (κ2) is 7.37. The van der Waals surface area contributed by atoms with E-state index in [1.807, 2.05) is 6.07 Å². The number of nitrogens with one attached hydrogen (secondary N) is 1. The van der Waals surface area contributed by atoms with E-state index in [9.17, 15) is 14.6 Å². The summed E-state index contributed by atoms with van der Waals surface area (Å²) in [6.45, 7) is -1.48. The van der Waals surface area contributed by atoms with E-state index in [1.54, 1.807) is 6.20 Å². The van der Waals surface area contributed by atoms with Gasteiger partial charge in [0.25, 0.3) is 5.56 Å². The molecule has 0 saturated carbocycles. The minimum absolute atomic E-state index is 0.291. The van der Waals surface area contributed by atoms with Gasteiger partial charge in [-0.25, -0.2) is 5.10 Å². The van der Waals surface area contributed by atoms with Crippen LogP contribution in [0.25, 0.3) is 10.8 Å². The molecule has 0 amide bonds. The average Bonchev–Trinajstić information content (AvgIpc) is 2.59. The maximum Gasteiger partial charge on any atom is 0.277 e. The Morgan fingerprint density at radius 3 is 2.80 bits per heavy atom. The largest absolute Gasteiger partial charge is 0.480 e. The summed E-state index contributed by atoms with van der Waals surface area (Å²) in [7, 11) is 1.49. The summed E-state index contributed by atoms with van der Waals surface area (Å²) >= 11 is 4.69. The van der Waals surface area contributed by atoms with Crippen molar-refractivity contribution in [1.82, 2.24) is 15.2 Å². The molecule has 2 aromatic rings. The van der Waals surface area contributed by atoms with Crippen molar-refractivity contribution in [3.05, 3.63) is 22.6 Å². The van der Waals surface area contributed by atoms with Crippen molar-refractivity contribution < 1.29 is 14.5 Å². The zero-order valence-electron chi connectivity index (χ0n) is 13.9. The molecule has 136 valence electrons. The van der Waals surface area contributed by atoms with E-state index >= 15 is 0 Å². The number of H-pyrrole nitrogens is 1. The minimum atomic E-state index is -3.10. The van der Waals surface area contributed by atoms with Gasteiger partial charge < -0.3 is 19.4 Å². The maximum absolute atomic E-state index is 11.9. The van der Waals surface area contributed by atoms with E-state index in [0.29, 0.717) is 28.7 Å². The number of aromatic amines is 1. The Labute approximate surface area is 150 Å². The zero-order valence-corrected chi connectivity index (χ0v) is 15.6. The van der Waals surface area contributed by atoms with Gasteiger partial charge in [0.15, 0.2) is 6.49 Å². The van der Waals surface area contributed by atoms with Gasteiger partial charge >= 0.3 is 0 Å². The quantitative estimate of drug-likeness (QED) is 0.660. The van der Waals surface area contributed by atoms with Crippen LogP contribution in [0, 0.1) is 5.92 Å². The van der Waals surface area contributed by atoms with Gasteiger partial charge in [-0.2, -0.15) is 10.1 Å². The lowest BCUT2D eigenvalue weighted by Gasteiger charge is -2.33. The first kappa shape index (κ1) is 18.3. The highest BCUT2D eigenvalue weighted by atomic mass is 32.5. The number of pyridine rings is 1. The molecular formula is C15H21N4O4PS. The molecule has 1 fully saturated rings. The van der Waals surface area contributed by atoms with Crippen molar-refractivity contribution in [3.8, 4) is 5.88 Å². The number of nitrogens with zero attached hydrogens (tertiary/aromatic N) is 3. The van der Waals surface area contributed by atoms with Crippen LogP contribution in [0.3, 0.4) is 0 Å². The second-order valence-corrected chi connectivity index (χ2v) is 9.79. The Balaban J connectivity index is 1.75. The molecule has 1 saturated heterocycles. The van der Waals surface area contributed by atoms with Gasteiger partial charge in [0, 0.05) is 24.6 Å². The highest BCUT2D eigenvalue weighted by molar-refractivity contribution is 8.09. The van der Waals surface area contributed by atoms with Crippen LogP contribution < -0.4 is 15.2 Å². The fourth-order valence-electron chi connectivity index (χ4n) is 3.18. The van der Waals surface area contributed by atoms with Crippen LogP contribution in [0.2, 0.25) is 0 Å². The molecule has 3 heterocycles. The van der Waals surface area contributed by atoms with E-state index < -0.39 is 6.49 Å². The summed E-state index contributed by atoms with van der Waals surface area (Å²) in [5.74, 6) is 1.48. The molecule has 0 aromatic carbocycles. The third-order valence-electron chi connectivity index (χ3n) is 4.56. The summed E-state index contributed by atoms with van der Waals surface area (Å²) in [6.07, 6.45) is 4.51. The summed E-state index contributed by atoms with van der Waals surface area (Å²) < 4.78 is 5.29. The number of rotatable bonds is 5. The van der Waals surface area contributed by atoms with Crippen LogP contribution >= 0.6 is 6.49 Å². The monoisotopic (exact) mass is 384 g/mol. The lowest BCUT2D eigenvalue weighted by atomic mass is 9.94. The van der Waals surface area contributed by atoms with Crippen LogP contribution in [0.4, 0.5) is 5.82 Å². The average molecular weight is 384 g/mol. The number of methoxy groups -OCH3 is 1. The summed E-state index contributed by atoms with van der Waals surface area (Å²) in [6, 6.07) is 1.85. The Hall–Kier alpha value is -1.54. The number of anilines is 1. The van der Waals surface area contributed by atoms with Crippen molar-refractivity contribution in [1.29, 1.82) is 0 Å². The van der Waals surface area contributed by atoms with Crippen LogP contribution in [0.15, 0.2) is 17.1 Å². The molecule has 2 aromatic heterocycles. The Bertz CT molecular complexity index is 860. The van der Waals surface area contributed by atoms with Gasteiger partial charge in [0.1, 0.15) is 11.2 Å². The molecule has 0 bridgehead atoms. The second-order valence-electron chi connectivity index (χ2n) is 6.26. The first-order chi connectivity index (χ1) is 11.9. The summed E-state index contributed by atoms with van der Waals surface area (Å²) in [5, 5.41) is 7.32. The predicted molar refractivity (Wildman–Crippen MR) is 99.9 cm³/mol. The molecule has 0 radical (unpaired) electrons. The highest BCUT2D eigenvalue weighted by Crippen LogP contribution is 2.38. The molecule has 0 unspecified atom stereocenters. The fraction of sp³-hybridized carbons (Fsp3) is 0.533. The van der Waals surface area contributed by atoms with Gasteiger partial charge in [0.2, 0.25) is 5.88 Å². The number of piperidine rings is 1. The molecule has 10 heteroatoms. The number of hydrogen-bond acceptors (Lipinski definition) is 6. The molecule has 0 spiro atoms. The highest BCUT2D eigenvalue weighted by Gasteiger charge is 2.23. The molecule has 1 aliphatic rings. The van der Waals surface area contributed by atoms with Gasteiger partial charge in [-0.3, -0.25) is 4.79 Å². The molecule has 0 atom stereocenters. The lowest BCUT2D eigenvalue weighted by Crippen LogP contribution is -2.34. The zero-order chi connectivity index (χ0) is 18.0. The summed E-state index contributed by atoms with van der Waals surface area (Å²) in [5.41, 5.74) is -0.323. The van der Waals surface area contributed by atoms with Crippen molar-refractivity contribution in [3.63, 3.8) is 0 Å². The molecule has 25 heavy (non-hydrogen) atoms. The summed E-state index contributed by atoms with van der Waals surface area (Å²) in [4.78, 5) is 37.3. The lowest BCUT2D eigenvalue weighted by molar-refractivity contribution is 0.381. The molecule has 0 aliphatic carbocycles. The molecule has 3 rings (SSSR count). The first-order valence-corrected chi connectivity index (χ1v) is 11.0. The maximum atomic E-state index is 11.9. The SMILES string of the molecule is COc1nc(N2CCC(CCP(O)(O)=S)CC2)cc2cn[nH]c(=O)c12. The van der Waals surface area contributed by atoms with Crippen LogP contribution in [0.5, 0.6) is 5.88 Å². The molecule has 8 nitrogen and oxygen atoms in total. The molecule has 1 aliphatic heterocycles. The Kier molecular flexibility index (Phi) is 5.38. The Morgan fingerprint density at radius 2 is 2.16 bits per heavy atom. The third kappa shape index (κ3) is 4.36. The smallest absolute Gasteiger partial charge is 0.277 e. The van der Waals surface area contributed by atoms with Gasteiger partial charge in [-0.15, -0.1) is 0 Å². The number of fused-ring (bicyclic) bond motifs is 1.